The summed E-state index contributed by atoms with van der Waals surface area (Å²) in [4.78, 5) is 19.0. The van der Waals surface area contributed by atoms with Gasteiger partial charge >= 0.3 is 5.69 Å². The van der Waals surface area contributed by atoms with Crippen molar-refractivity contribution in [2.24, 2.45) is 0 Å². The van der Waals surface area contributed by atoms with E-state index in [1.165, 1.54) is 6.33 Å². The fourth-order valence-electron chi connectivity index (χ4n) is 2.14. The van der Waals surface area contributed by atoms with Crippen molar-refractivity contribution in [2.45, 2.75) is 6.92 Å². The average molecular weight is 360 g/mol. The van der Waals surface area contributed by atoms with Gasteiger partial charge in [-0.2, -0.15) is 0 Å². The predicted molar refractivity (Wildman–Crippen MR) is 85.1 cm³/mol. The number of fused-ring (bicyclic) bond motifs is 1. The van der Waals surface area contributed by atoms with Crippen molar-refractivity contribution in [1.82, 2.24) is 9.97 Å². The van der Waals surface area contributed by atoms with Crippen LogP contribution in [0.5, 0.6) is 11.6 Å². The molecule has 0 bridgehead atoms. The van der Waals surface area contributed by atoms with Gasteiger partial charge in [0.1, 0.15) is 6.33 Å². The van der Waals surface area contributed by atoms with Gasteiger partial charge in [0.05, 0.1) is 15.8 Å². The fraction of sp³-hybridized carbons (Fsp3) is 0.0667. The summed E-state index contributed by atoms with van der Waals surface area (Å²) >= 11 is 3.38. The lowest BCUT2D eigenvalue weighted by molar-refractivity contribution is -0.386. The first-order chi connectivity index (χ1) is 10.6. The summed E-state index contributed by atoms with van der Waals surface area (Å²) in [7, 11) is 0. The molecule has 0 spiro atoms. The Hall–Kier alpha value is -2.54. The highest BCUT2D eigenvalue weighted by atomic mass is 79.9. The molecule has 0 radical (unpaired) electrons. The molecule has 0 fully saturated rings. The second kappa shape index (κ2) is 5.69. The summed E-state index contributed by atoms with van der Waals surface area (Å²) in [5.74, 6) is 0.435. The monoisotopic (exact) mass is 359 g/mol. The van der Waals surface area contributed by atoms with E-state index in [9.17, 15) is 10.1 Å². The second-order valence-corrected chi connectivity index (χ2v) is 5.54. The zero-order valence-electron chi connectivity index (χ0n) is 11.5. The van der Waals surface area contributed by atoms with Gasteiger partial charge < -0.3 is 4.74 Å². The van der Waals surface area contributed by atoms with Gasteiger partial charge in [-0.3, -0.25) is 10.1 Å². The third-order valence-corrected chi connectivity index (χ3v) is 3.64. The molecule has 3 aromatic rings. The lowest BCUT2D eigenvalue weighted by Crippen LogP contribution is -1.97. The molecular formula is C15H10BrN3O3. The van der Waals surface area contributed by atoms with Crippen LogP contribution in [-0.2, 0) is 0 Å². The number of rotatable bonds is 3. The van der Waals surface area contributed by atoms with Gasteiger partial charge in [-0.15, -0.1) is 0 Å². The van der Waals surface area contributed by atoms with Crippen LogP contribution >= 0.6 is 15.9 Å². The van der Waals surface area contributed by atoms with E-state index in [1.54, 1.807) is 25.1 Å². The summed E-state index contributed by atoms with van der Waals surface area (Å²) in [5.41, 5.74) is 1.16. The van der Waals surface area contributed by atoms with Crippen LogP contribution in [0, 0.1) is 17.0 Å². The van der Waals surface area contributed by atoms with Crippen molar-refractivity contribution in [2.75, 3.05) is 0 Å². The minimum Gasteiger partial charge on any atom is -0.431 e. The summed E-state index contributed by atoms with van der Waals surface area (Å²) in [6, 6.07) is 10.4. The van der Waals surface area contributed by atoms with Crippen LogP contribution in [0.1, 0.15) is 5.56 Å². The summed E-state index contributed by atoms with van der Waals surface area (Å²) in [5, 5.41) is 11.9. The Morgan fingerprint density at radius 1 is 1.23 bits per heavy atom. The molecule has 2 aromatic carbocycles. The topological polar surface area (TPSA) is 78.2 Å². The van der Waals surface area contributed by atoms with E-state index in [1.807, 2.05) is 18.2 Å². The van der Waals surface area contributed by atoms with Crippen LogP contribution in [-0.4, -0.2) is 14.9 Å². The lowest BCUT2D eigenvalue weighted by atomic mass is 10.2. The molecule has 0 aliphatic heterocycles. The van der Waals surface area contributed by atoms with Crippen molar-refractivity contribution in [3.05, 3.63) is 62.9 Å². The summed E-state index contributed by atoms with van der Waals surface area (Å²) in [6.07, 6.45) is 1.37. The molecule has 0 unspecified atom stereocenters. The fourth-order valence-corrected chi connectivity index (χ4v) is 2.50. The Morgan fingerprint density at radius 2 is 2.05 bits per heavy atom. The SMILES string of the molecule is Cc1cccc(Oc2ncnc3ccc(Br)cc23)c1[N+](=O)[O-]. The number of benzene rings is 2. The maximum Gasteiger partial charge on any atom is 0.314 e. The highest BCUT2D eigenvalue weighted by molar-refractivity contribution is 9.10. The number of nitro groups is 1. The van der Waals surface area contributed by atoms with E-state index >= 15 is 0 Å². The van der Waals surface area contributed by atoms with E-state index in [0.717, 1.165) is 4.47 Å². The smallest absolute Gasteiger partial charge is 0.314 e. The van der Waals surface area contributed by atoms with Crippen LogP contribution in [0.4, 0.5) is 5.69 Å². The summed E-state index contributed by atoms with van der Waals surface area (Å²) < 4.78 is 6.55. The first-order valence-corrected chi connectivity index (χ1v) is 7.17. The Bertz CT molecular complexity index is 883. The van der Waals surface area contributed by atoms with E-state index in [-0.39, 0.29) is 17.3 Å². The molecule has 3 rings (SSSR count). The second-order valence-electron chi connectivity index (χ2n) is 4.62. The van der Waals surface area contributed by atoms with E-state index in [4.69, 9.17) is 4.74 Å². The van der Waals surface area contributed by atoms with Gasteiger partial charge in [-0.25, -0.2) is 9.97 Å². The number of halogens is 1. The molecule has 6 nitrogen and oxygen atoms in total. The average Bonchev–Trinajstić information content (AvgIpc) is 2.47. The number of aromatic nitrogens is 2. The van der Waals surface area contributed by atoms with Crippen molar-refractivity contribution >= 4 is 32.5 Å². The molecule has 1 heterocycles. The highest BCUT2D eigenvalue weighted by Gasteiger charge is 2.20. The molecular weight excluding hydrogens is 350 g/mol. The molecule has 0 N–H and O–H groups in total. The maximum atomic E-state index is 11.2. The first-order valence-electron chi connectivity index (χ1n) is 6.38. The number of ether oxygens (including phenoxy) is 1. The zero-order chi connectivity index (χ0) is 15.7. The third kappa shape index (κ3) is 2.62. The quantitative estimate of drug-likeness (QED) is 0.511. The number of nitrogens with zero attached hydrogens (tertiary/aromatic N) is 3. The van der Waals surface area contributed by atoms with Gasteiger partial charge in [0, 0.05) is 10.0 Å². The van der Waals surface area contributed by atoms with E-state index in [0.29, 0.717) is 16.5 Å². The molecule has 7 heteroatoms. The maximum absolute atomic E-state index is 11.2. The van der Waals surface area contributed by atoms with Gasteiger partial charge in [0.15, 0.2) is 0 Å². The normalized spacial score (nSPS) is 10.6. The molecule has 0 saturated heterocycles. The number of hydrogen-bond donors (Lipinski definition) is 0. The van der Waals surface area contributed by atoms with Crippen LogP contribution in [0.3, 0.4) is 0 Å². The molecule has 0 aliphatic rings. The van der Waals surface area contributed by atoms with Crippen molar-refractivity contribution in [1.29, 1.82) is 0 Å². The highest BCUT2D eigenvalue weighted by Crippen LogP contribution is 2.35. The van der Waals surface area contributed by atoms with Crippen LogP contribution in [0.25, 0.3) is 10.9 Å². The standard InChI is InChI=1S/C15H10BrN3O3/c1-9-3-2-4-13(14(9)19(20)21)22-15-11-7-10(16)5-6-12(11)17-8-18-15/h2-8H,1H3. The Balaban J connectivity index is 2.13. The van der Waals surface area contributed by atoms with E-state index < -0.39 is 4.92 Å². The molecule has 0 atom stereocenters. The zero-order valence-corrected chi connectivity index (χ0v) is 13.1. The van der Waals surface area contributed by atoms with Crippen LogP contribution in [0.2, 0.25) is 0 Å². The van der Waals surface area contributed by atoms with Crippen LogP contribution in [0.15, 0.2) is 47.2 Å². The lowest BCUT2D eigenvalue weighted by Gasteiger charge is -2.09. The molecule has 0 saturated carbocycles. The Morgan fingerprint density at radius 3 is 2.82 bits per heavy atom. The minimum absolute atomic E-state index is 0.0655. The number of para-hydroxylation sites is 1. The predicted octanol–water partition coefficient (Wildman–Crippen LogP) is 4.40. The van der Waals surface area contributed by atoms with Crippen molar-refractivity contribution in [3.63, 3.8) is 0 Å². The molecule has 110 valence electrons. The number of aryl methyl sites for hydroxylation is 1. The van der Waals surface area contributed by atoms with Crippen molar-refractivity contribution in [3.8, 4) is 11.6 Å². The van der Waals surface area contributed by atoms with Gasteiger partial charge in [0.25, 0.3) is 0 Å². The largest absolute Gasteiger partial charge is 0.431 e. The number of nitro benzene ring substituents is 1. The molecule has 0 amide bonds. The Kier molecular flexibility index (Phi) is 3.72. The molecule has 0 aliphatic carbocycles. The first kappa shape index (κ1) is 14.4. The van der Waals surface area contributed by atoms with Crippen LogP contribution < -0.4 is 4.74 Å². The van der Waals surface area contributed by atoms with Gasteiger partial charge in [0.2, 0.25) is 11.6 Å². The Labute approximate surface area is 134 Å². The van der Waals surface area contributed by atoms with Gasteiger partial charge in [-0.1, -0.05) is 28.1 Å². The molecule has 1 aromatic heterocycles. The van der Waals surface area contributed by atoms with Crippen molar-refractivity contribution < 1.29 is 9.66 Å². The molecule has 22 heavy (non-hydrogen) atoms. The number of hydrogen-bond acceptors (Lipinski definition) is 5. The van der Waals surface area contributed by atoms with E-state index in [2.05, 4.69) is 25.9 Å². The minimum atomic E-state index is -0.454. The summed E-state index contributed by atoms with van der Waals surface area (Å²) in [6.45, 7) is 1.67. The third-order valence-electron chi connectivity index (χ3n) is 3.15. The van der Waals surface area contributed by atoms with Gasteiger partial charge in [-0.05, 0) is 31.2 Å².